The van der Waals surface area contributed by atoms with Gasteiger partial charge in [0.15, 0.2) is 11.0 Å². The zero-order valence-electron chi connectivity index (χ0n) is 15.9. The van der Waals surface area contributed by atoms with Gasteiger partial charge in [-0.25, -0.2) is 9.66 Å². The molecule has 148 valence electrons. The summed E-state index contributed by atoms with van der Waals surface area (Å²) in [5.41, 5.74) is 2.12. The number of hydrogen-bond acceptors (Lipinski definition) is 8. The Balaban J connectivity index is 1.51. The van der Waals surface area contributed by atoms with E-state index in [4.69, 9.17) is 10.6 Å². The molecule has 0 spiro atoms. The molecular weight excluding hydrogens is 396 g/mol. The lowest BCUT2D eigenvalue weighted by molar-refractivity contribution is -0.113. The first kappa shape index (κ1) is 20.2. The third-order valence-electron chi connectivity index (χ3n) is 3.85. The number of nitrogens with zero attached hydrogens (tertiary/aromatic N) is 4. The summed E-state index contributed by atoms with van der Waals surface area (Å²) in [5, 5.41) is 13.7. The molecule has 3 N–H and O–H groups in total. The van der Waals surface area contributed by atoms with Gasteiger partial charge in [-0.3, -0.25) is 4.79 Å². The van der Waals surface area contributed by atoms with Crippen molar-refractivity contribution < 1.29 is 9.53 Å². The number of carbonyl (C=O) groups is 1. The Morgan fingerprint density at radius 2 is 2.07 bits per heavy atom. The normalized spacial score (nSPS) is 11.0. The number of aromatic nitrogens is 4. The Kier molecular flexibility index (Phi) is 6.53. The van der Waals surface area contributed by atoms with Crippen molar-refractivity contribution >= 4 is 34.1 Å². The quantitative estimate of drug-likeness (QED) is 0.427. The van der Waals surface area contributed by atoms with Gasteiger partial charge in [0.25, 0.3) is 0 Å². The molecule has 28 heavy (non-hydrogen) atoms. The van der Waals surface area contributed by atoms with Gasteiger partial charge in [-0.05, 0) is 30.5 Å². The van der Waals surface area contributed by atoms with Crippen molar-refractivity contribution in [2.75, 3.05) is 16.9 Å². The highest BCUT2D eigenvalue weighted by Gasteiger charge is 2.14. The Morgan fingerprint density at radius 1 is 1.32 bits per heavy atom. The number of aryl methyl sites for hydroxylation is 1. The number of nitrogens with two attached hydrogens (primary N) is 1. The summed E-state index contributed by atoms with van der Waals surface area (Å²) in [6.07, 6.45) is 0. The van der Waals surface area contributed by atoms with Gasteiger partial charge < -0.3 is 15.9 Å². The Morgan fingerprint density at radius 3 is 2.71 bits per heavy atom. The highest BCUT2D eigenvalue weighted by Crippen LogP contribution is 2.20. The predicted octanol–water partition coefficient (Wildman–Crippen LogP) is 3.19. The van der Waals surface area contributed by atoms with Crippen LogP contribution in [0.2, 0.25) is 0 Å². The van der Waals surface area contributed by atoms with Crippen LogP contribution in [-0.4, -0.2) is 31.5 Å². The lowest BCUT2D eigenvalue weighted by atomic mass is 10.0. The molecule has 0 fully saturated rings. The van der Waals surface area contributed by atoms with E-state index in [1.807, 2.05) is 36.6 Å². The molecule has 0 aliphatic carbocycles. The smallest absolute Gasteiger partial charge is 0.236 e. The van der Waals surface area contributed by atoms with Crippen molar-refractivity contribution in [1.82, 2.24) is 19.9 Å². The molecule has 0 aliphatic rings. The summed E-state index contributed by atoms with van der Waals surface area (Å²) >= 11 is 2.59. The maximum atomic E-state index is 12.0. The number of thioether (sulfide) groups is 1. The first-order valence-electron chi connectivity index (χ1n) is 8.69. The molecule has 2 heterocycles. The van der Waals surface area contributed by atoms with E-state index in [-0.39, 0.29) is 18.3 Å². The van der Waals surface area contributed by atoms with Crippen molar-refractivity contribution in [3.63, 3.8) is 0 Å². The molecule has 3 aromatic rings. The molecule has 1 amide bonds. The number of ether oxygens (including phenoxy) is 1. The molecule has 8 nitrogen and oxygen atoms in total. The van der Waals surface area contributed by atoms with E-state index in [0.29, 0.717) is 22.0 Å². The lowest BCUT2D eigenvalue weighted by Gasteiger charge is -2.09. The third-order valence-corrected chi connectivity index (χ3v) is 5.67. The summed E-state index contributed by atoms with van der Waals surface area (Å²) in [4.78, 5) is 16.2. The zero-order chi connectivity index (χ0) is 20.1. The molecule has 0 radical (unpaired) electrons. The van der Waals surface area contributed by atoms with Gasteiger partial charge in [-0.1, -0.05) is 37.7 Å². The van der Waals surface area contributed by atoms with Crippen LogP contribution in [0, 0.1) is 6.92 Å². The minimum absolute atomic E-state index is 0.158. The number of thiazole rings is 1. The summed E-state index contributed by atoms with van der Waals surface area (Å²) in [6, 6.07) is 7.92. The molecule has 1 aromatic carbocycles. The second-order valence-corrected chi connectivity index (χ2v) is 8.21. The second kappa shape index (κ2) is 9.07. The standard InChI is InChI=1S/C18H22N6O2S2/c1-11(2)13-4-6-14(7-5-13)26-8-15-22-23-18(24(15)19)28-10-16(25)21-17-20-12(3)9-27-17/h4-7,9,11H,8,10,19H2,1-3H3,(H,20,21,25). The highest BCUT2D eigenvalue weighted by molar-refractivity contribution is 7.99. The van der Waals surface area contributed by atoms with Crippen LogP contribution in [0.15, 0.2) is 34.8 Å². The van der Waals surface area contributed by atoms with Crippen LogP contribution in [0.3, 0.4) is 0 Å². The number of nitrogen functional groups attached to an aromatic ring is 1. The number of hydrogen-bond donors (Lipinski definition) is 2. The van der Waals surface area contributed by atoms with Crippen molar-refractivity contribution in [1.29, 1.82) is 0 Å². The fourth-order valence-corrected chi connectivity index (χ4v) is 3.68. The largest absolute Gasteiger partial charge is 0.486 e. The van der Waals surface area contributed by atoms with E-state index >= 15 is 0 Å². The van der Waals surface area contributed by atoms with Crippen LogP contribution in [0.5, 0.6) is 5.75 Å². The molecule has 0 saturated heterocycles. The molecule has 0 saturated carbocycles. The fraction of sp³-hybridized carbons (Fsp3) is 0.333. The van der Waals surface area contributed by atoms with E-state index in [0.717, 1.165) is 11.4 Å². The van der Waals surface area contributed by atoms with Gasteiger partial charge in [-0.2, -0.15) is 0 Å². The average Bonchev–Trinajstić information content (AvgIpc) is 3.24. The Labute approximate surface area is 171 Å². The molecular formula is C18H22N6O2S2. The van der Waals surface area contributed by atoms with Crippen LogP contribution in [0.1, 0.15) is 36.8 Å². The molecule has 0 bridgehead atoms. The SMILES string of the molecule is Cc1csc(NC(=O)CSc2nnc(COc3ccc(C(C)C)cc3)n2N)n1. The maximum Gasteiger partial charge on any atom is 0.236 e. The minimum atomic E-state index is -0.176. The van der Waals surface area contributed by atoms with E-state index in [9.17, 15) is 4.79 Å². The fourth-order valence-electron chi connectivity index (χ4n) is 2.30. The predicted molar refractivity (Wildman–Crippen MR) is 111 cm³/mol. The third kappa shape index (κ3) is 5.23. The van der Waals surface area contributed by atoms with Gasteiger partial charge >= 0.3 is 0 Å². The van der Waals surface area contributed by atoms with E-state index in [1.54, 1.807) is 0 Å². The monoisotopic (exact) mass is 418 g/mol. The van der Waals surface area contributed by atoms with E-state index in [2.05, 4.69) is 34.3 Å². The van der Waals surface area contributed by atoms with Crippen LogP contribution in [-0.2, 0) is 11.4 Å². The molecule has 0 aliphatic heterocycles. The highest BCUT2D eigenvalue weighted by atomic mass is 32.2. The van der Waals surface area contributed by atoms with Gasteiger partial charge in [0.1, 0.15) is 12.4 Å². The summed E-state index contributed by atoms with van der Waals surface area (Å²) in [5.74, 6) is 7.69. The lowest BCUT2D eigenvalue weighted by Crippen LogP contribution is -2.18. The number of nitrogens with one attached hydrogen (secondary N) is 1. The molecule has 0 atom stereocenters. The van der Waals surface area contributed by atoms with Crippen LogP contribution in [0.4, 0.5) is 5.13 Å². The van der Waals surface area contributed by atoms with Crippen LogP contribution < -0.4 is 15.9 Å². The summed E-state index contributed by atoms with van der Waals surface area (Å²) in [6.45, 7) is 6.35. The Bertz CT molecular complexity index is 936. The number of carbonyl (C=O) groups excluding carboxylic acids is 1. The summed E-state index contributed by atoms with van der Waals surface area (Å²) in [7, 11) is 0. The van der Waals surface area contributed by atoms with Crippen molar-refractivity contribution in [2.24, 2.45) is 0 Å². The van der Waals surface area contributed by atoms with Crippen molar-refractivity contribution in [2.45, 2.75) is 38.5 Å². The number of amides is 1. The topological polar surface area (TPSA) is 108 Å². The first-order valence-corrected chi connectivity index (χ1v) is 10.6. The Hall–Kier alpha value is -2.59. The maximum absolute atomic E-state index is 12.0. The molecule has 10 heteroatoms. The first-order chi connectivity index (χ1) is 13.4. The van der Waals surface area contributed by atoms with Crippen LogP contribution in [0.25, 0.3) is 0 Å². The van der Waals surface area contributed by atoms with Crippen molar-refractivity contribution in [3.8, 4) is 5.75 Å². The zero-order valence-corrected chi connectivity index (χ0v) is 17.5. The number of benzene rings is 1. The van der Waals surface area contributed by atoms with Gasteiger partial charge in [0, 0.05) is 5.38 Å². The van der Waals surface area contributed by atoms with Gasteiger partial charge in [0.05, 0.1) is 11.4 Å². The molecule has 2 aromatic heterocycles. The number of rotatable bonds is 8. The van der Waals surface area contributed by atoms with E-state index < -0.39 is 0 Å². The van der Waals surface area contributed by atoms with Crippen molar-refractivity contribution in [3.05, 3.63) is 46.7 Å². The summed E-state index contributed by atoms with van der Waals surface area (Å²) < 4.78 is 7.07. The average molecular weight is 419 g/mol. The van der Waals surface area contributed by atoms with Gasteiger partial charge in [0.2, 0.25) is 11.1 Å². The van der Waals surface area contributed by atoms with Gasteiger partial charge in [-0.15, -0.1) is 21.5 Å². The minimum Gasteiger partial charge on any atom is -0.486 e. The number of anilines is 1. The molecule has 3 rings (SSSR count). The van der Waals surface area contributed by atoms with Crippen LogP contribution >= 0.6 is 23.1 Å². The molecule has 0 unspecified atom stereocenters. The van der Waals surface area contributed by atoms with E-state index in [1.165, 1.54) is 33.3 Å². The second-order valence-electron chi connectivity index (χ2n) is 6.41.